The number of hydrogen-bond acceptors (Lipinski definition) is 2. The Bertz CT molecular complexity index is 2690. The normalized spacial score (nSPS) is 11.6. The number of para-hydroxylation sites is 3. The molecule has 0 bridgehead atoms. The van der Waals surface area contributed by atoms with E-state index in [4.69, 9.17) is 0 Å². The number of rotatable bonds is 8. The molecule has 0 aliphatic rings. The maximum atomic E-state index is 3.86. The minimum atomic E-state index is 1.12. The molecule has 0 aliphatic carbocycles. The maximum absolute atomic E-state index is 3.86. The van der Waals surface area contributed by atoms with Crippen molar-refractivity contribution < 1.29 is 0 Å². The lowest BCUT2D eigenvalue weighted by Gasteiger charge is -2.25. The van der Waals surface area contributed by atoms with E-state index < -0.39 is 0 Å². The number of benzene rings is 7. The van der Waals surface area contributed by atoms with Crippen molar-refractivity contribution in [2.24, 2.45) is 0 Å². The molecule has 0 saturated heterocycles. The first-order chi connectivity index (χ1) is 25.7. The smallest absolute Gasteiger partial charge is 0.0541 e. The topological polar surface area (TPSA) is 8.17 Å². The van der Waals surface area contributed by atoms with E-state index in [1.165, 1.54) is 64.6 Å². The highest BCUT2D eigenvalue weighted by Gasteiger charge is 2.17. The molecule has 248 valence electrons. The van der Waals surface area contributed by atoms with Crippen LogP contribution in [0.15, 0.2) is 189 Å². The van der Waals surface area contributed by atoms with Gasteiger partial charge in [-0.25, -0.2) is 0 Å². The number of nitrogens with zero attached hydrogens (tertiary/aromatic N) is 2. The van der Waals surface area contributed by atoms with Gasteiger partial charge in [0.2, 0.25) is 0 Å². The molecular weight excluding hydrogens is 649 g/mol. The van der Waals surface area contributed by atoms with Crippen LogP contribution >= 0.6 is 11.3 Å². The van der Waals surface area contributed by atoms with Crippen molar-refractivity contribution in [3.63, 3.8) is 0 Å². The highest BCUT2D eigenvalue weighted by molar-refractivity contribution is 7.20. The van der Waals surface area contributed by atoms with E-state index in [0.29, 0.717) is 0 Å². The summed E-state index contributed by atoms with van der Waals surface area (Å²) in [5.74, 6) is 0. The number of thiophene rings is 1. The maximum Gasteiger partial charge on any atom is 0.0541 e. The van der Waals surface area contributed by atoms with Crippen molar-refractivity contribution in [2.45, 2.75) is 6.92 Å². The SMILES string of the molecule is C=C/C=C\c1sc2c(-c3ccc4c(c3)c3ccccc3n4-c3ccc(-c4ccc(N(c5ccccc5)c5ccccc5)cc4)cc3)cccc2c1C. The zero-order chi connectivity index (χ0) is 35.0. The standard InChI is InChI=1S/C49H36N2S/c1-3-4-22-48-34(2)42-19-13-20-43(49(42)52-48)37-27-32-47-45(33-37)44-18-11-12-21-46(44)51(47)41-30-25-36(26-31-41)35-23-28-40(29-24-35)50(38-14-7-5-8-15-38)39-16-9-6-10-17-39/h3-33H,1H2,2H3/b22-4-. The molecule has 9 aromatic rings. The molecule has 0 aliphatic heterocycles. The summed E-state index contributed by atoms with van der Waals surface area (Å²) in [6.45, 7) is 6.08. The van der Waals surface area contributed by atoms with Gasteiger partial charge in [0.25, 0.3) is 0 Å². The summed E-state index contributed by atoms with van der Waals surface area (Å²) in [6, 6.07) is 61.3. The molecule has 0 radical (unpaired) electrons. The van der Waals surface area contributed by atoms with Crippen LogP contribution in [0.3, 0.4) is 0 Å². The van der Waals surface area contributed by atoms with Gasteiger partial charge in [0.05, 0.1) is 11.0 Å². The Labute approximate surface area is 308 Å². The molecule has 2 heterocycles. The average Bonchev–Trinajstić information content (AvgIpc) is 3.72. The van der Waals surface area contributed by atoms with Crippen molar-refractivity contribution >= 4 is 66.4 Å². The van der Waals surface area contributed by atoms with Crippen molar-refractivity contribution in [1.29, 1.82) is 0 Å². The van der Waals surface area contributed by atoms with Gasteiger partial charge in [-0.15, -0.1) is 11.3 Å². The van der Waals surface area contributed by atoms with E-state index in [1.807, 2.05) is 23.5 Å². The Balaban J connectivity index is 1.07. The van der Waals surface area contributed by atoms with Gasteiger partial charge in [-0.1, -0.05) is 122 Å². The molecule has 0 saturated carbocycles. The molecule has 7 aromatic carbocycles. The summed E-state index contributed by atoms with van der Waals surface area (Å²) in [5.41, 5.74) is 13.1. The molecule has 0 atom stereocenters. The Hall–Kier alpha value is -6.42. The van der Waals surface area contributed by atoms with Crippen LogP contribution in [-0.4, -0.2) is 4.57 Å². The van der Waals surface area contributed by atoms with Crippen LogP contribution in [0.2, 0.25) is 0 Å². The zero-order valence-corrected chi connectivity index (χ0v) is 29.7. The number of hydrogen-bond donors (Lipinski definition) is 0. The Morgan fingerprint density at radius 2 is 1.12 bits per heavy atom. The largest absolute Gasteiger partial charge is 0.311 e. The monoisotopic (exact) mass is 684 g/mol. The molecule has 0 spiro atoms. The second kappa shape index (κ2) is 13.4. The quantitative estimate of drug-likeness (QED) is 0.145. The molecule has 0 fully saturated rings. The number of fused-ring (bicyclic) bond motifs is 4. The third kappa shape index (κ3) is 5.53. The van der Waals surface area contributed by atoms with Crippen molar-refractivity contribution in [3.05, 3.63) is 199 Å². The molecule has 0 amide bonds. The van der Waals surface area contributed by atoms with Crippen molar-refractivity contribution in [3.8, 4) is 27.9 Å². The zero-order valence-electron chi connectivity index (χ0n) is 28.9. The third-order valence-electron chi connectivity index (χ3n) is 9.98. The fourth-order valence-electron chi connectivity index (χ4n) is 7.43. The third-order valence-corrected chi connectivity index (χ3v) is 11.3. The predicted octanol–water partition coefficient (Wildman–Crippen LogP) is 14.3. The fraction of sp³-hybridized carbons (Fsp3) is 0.0204. The van der Waals surface area contributed by atoms with E-state index in [1.54, 1.807) is 0 Å². The molecule has 9 rings (SSSR count). The van der Waals surface area contributed by atoms with E-state index in [2.05, 4.69) is 199 Å². The summed E-state index contributed by atoms with van der Waals surface area (Å²) in [7, 11) is 0. The summed E-state index contributed by atoms with van der Waals surface area (Å²) in [6.07, 6.45) is 6.03. The van der Waals surface area contributed by atoms with E-state index in [-0.39, 0.29) is 0 Å². The fourth-order valence-corrected chi connectivity index (χ4v) is 8.69. The minimum Gasteiger partial charge on any atom is -0.311 e. The molecular formula is C49H36N2S. The van der Waals surface area contributed by atoms with Crippen LogP contribution in [0.5, 0.6) is 0 Å². The highest BCUT2D eigenvalue weighted by Crippen LogP contribution is 2.41. The highest BCUT2D eigenvalue weighted by atomic mass is 32.1. The first kappa shape index (κ1) is 31.6. The van der Waals surface area contributed by atoms with Crippen LogP contribution in [0.4, 0.5) is 17.1 Å². The second-order valence-electron chi connectivity index (χ2n) is 13.1. The van der Waals surface area contributed by atoms with E-state index in [9.17, 15) is 0 Å². The Morgan fingerprint density at radius 1 is 0.538 bits per heavy atom. The molecule has 0 unspecified atom stereocenters. The number of aromatic nitrogens is 1. The van der Waals surface area contributed by atoms with Gasteiger partial charge in [-0.05, 0) is 113 Å². The first-order valence-electron chi connectivity index (χ1n) is 17.6. The minimum absolute atomic E-state index is 1.12. The van der Waals surface area contributed by atoms with Crippen LogP contribution < -0.4 is 4.90 Å². The van der Waals surface area contributed by atoms with Gasteiger partial charge in [0.15, 0.2) is 0 Å². The van der Waals surface area contributed by atoms with E-state index in [0.717, 1.165) is 22.7 Å². The molecule has 0 N–H and O–H groups in total. The van der Waals surface area contributed by atoms with Gasteiger partial charge >= 0.3 is 0 Å². The average molecular weight is 685 g/mol. The van der Waals surface area contributed by atoms with Gasteiger partial charge in [0, 0.05) is 43.1 Å². The van der Waals surface area contributed by atoms with Crippen LogP contribution in [0.1, 0.15) is 10.4 Å². The molecule has 2 aromatic heterocycles. The first-order valence-corrected chi connectivity index (χ1v) is 18.5. The van der Waals surface area contributed by atoms with Crippen LogP contribution in [-0.2, 0) is 0 Å². The lowest BCUT2D eigenvalue weighted by molar-refractivity contribution is 1.18. The lowest BCUT2D eigenvalue weighted by Crippen LogP contribution is -2.09. The number of allylic oxidation sites excluding steroid dienone is 2. The van der Waals surface area contributed by atoms with E-state index >= 15 is 0 Å². The Morgan fingerprint density at radius 3 is 1.81 bits per heavy atom. The summed E-state index contributed by atoms with van der Waals surface area (Å²) >= 11 is 1.85. The van der Waals surface area contributed by atoms with Crippen molar-refractivity contribution in [1.82, 2.24) is 4.57 Å². The van der Waals surface area contributed by atoms with Gasteiger partial charge in [-0.3, -0.25) is 0 Å². The predicted molar refractivity (Wildman–Crippen MR) is 226 cm³/mol. The summed E-state index contributed by atoms with van der Waals surface area (Å²) < 4.78 is 3.72. The molecule has 52 heavy (non-hydrogen) atoms. The molecule has 3 heteroatoms. The summed E-state index contributed by atoms with van der Waals surface area (Å²) in [4.78, 5) is 3.57. The Kier molecular flexibility index (Phi) is 8.11. The number of anilines is 3. The van der Waals surface area contributed by atoms with Crippen molar-refractivity contribution in [2.75, 3.05) is 4.90 Å². The summed E-state index contributed by atoms with van der Waals surface area (Å²) in [5, 5.41) is 3.82. The van der Waals surface area contributed by atoms with Crippen LogP contribution in [0.25, 0.3) is 65.9 Å². The van der Waals surface area contributed by atoms with Gasteiger partial charge in [-0.2, -0.15) is 0 Å². The van der Waals surface area contributed by atoms with Gasteiger partial charge in [0.1, 0.15) is 0 Å². The van der Waals surface area contributed by atoms with Gasteiger partial charge < -0.3 is 9.47 Å². The second-order valence-corrected chi connectivity index (χ2v) is 14.1. The van der Waals surface area contributed by atoms with Crippen LogP contribution in [0, 0.1) is 6.92 Å². The molecule has 2 nitrogen and oxygen atoms in total. The lowest BCUT2D eigenvalue weighted by atomic mass is 10.0. The number of aryl methyl sites for hydroxylation is 1.